The normalized spacial score (nSPS) is 12.2. The first-order valence-corrected chi connectivity index (χ1v) is 7.98. The molecule has 4 N–H and O–H groups in total. The van der Waals surface area contributed by atoms with Crippen LogP contribution in [-0.4, -0.2) is 43.8 Å². The van der Waals surface area contributed by atoms with Gasteiger partial charge in [0.2, 0.25) is 11.1 Å². The number of carbonyl (C=O) groups excluding carboxylic acids is 2. The zero-order chi connectivity index (χ0) is 17.1. The number of H-pyrrole nitrogens is 2. The maximum absolute atomic E-state index is 12.6. The maximum atomic E-state index is 12.6. The molecule has 0 aliphatic carbocycles. The number of nitrogens with one attached hydrogen (secondary N) is 2. The molecule has 0 aliphatic rings. The van der Waals surface area contributed by atoms with E-state index in [1.165, 1.54) is 11.8 Å². The lowest BCUT2D eigenvalue weighted by Gasteiger charge is -2.07. The van der Waals surface area contributed by atoms with Crippen molar-refractivity contribution in [2.45, 2.75) is 38.1 Å². The fraction of sp³-hybridized carbons (Fsp3) is 0.429. The van der Waals surface area contributed by atoms with Gasteiger partial charge in [-0.3, -0.25) is 4.79 Å². The first kappa shape index (κ1) is 17.1. The number of nitrogens with two attached hydrogens (primary N) is 1. The Morgan fingerprint density at radius 2 is 2.09 bits per heavy atom. The van der Waals surface area contributed by atoms with Crippen LogP contribution in [-0.2, 0) is 4.74 Å². The molecule has 0 saturated heterocycles. The number of ketones is 1. The Bertz CT molecular complexity index is 737. The van der Waals surface area contributed by atoms with Gasteiger partial charge in [0.25, 0.3) is 0 Å². The highest BCUT2D eigenvalue weighted by atomic mass is 32.2. The molecule has 8 nitrogen and oxygen atoms in total. The number of hydrogen-bond donors (Lipinski definition) is 3. The predicted octanol–water partition coefficient (Wildman–Crippen LogP) is 1.87. The number of aryl methyl sites for hydroxylation is 1. The number of carbonyl (C=O) groups is 2. The first-order valence-electron chi connectivity index (χ1n) is 7.10. The van der Waals surface area contributed by atoms with E-state index in [2.05, 4.69) is 20.2 Å². The average Bonchev–Trinajstić information content (AvgIpc) is 3.01. The second kappa shape index (κ2) is 6.86. The molecular formula is C14H19N5O3S. The van der Waals surface area contributed by atoms with Crippen LogP contribution in [0.1, 0.15) is 46.0 Å². The summed E-state index contributed by atoms with van der Waals surface area (Å²) in [5.41, 5.74) is 7.48. The Hall–Kier alpha value is -2.29. The topological polar surface area (TPSA) is 127 Å². The molecular weight excluding hydrogens is 318 g/mol. The van der Waals surface area contributed by atoms with E-state index in [4.69, 9.17) is 10.5 Å². The van der Waals surface area contributed by atoms with E-state index < -0.39 is 11.2 Å². The minimum Gasteiger partial charge on any atom is -0.462 e. The van der Waals surface area contributed by atoms with Crippen LogP contribution in [0.4, 0.5) is 5.95 Å². The maximum Gasteiger partial charge on any atom is 0.340 e. The highest BCUT2D eigenvalue weighted by Crippen LogP contribution is 2.26. The highest BCUT2D eigenvalue weighted by Gasteiger charge is 2.26. The number of Topliss-reactive ketones (excluding diaryl/α,β-unsaturated/α-hetero) is 1. The zero-order valence-electron chi connectivity index (χ0n) is 13.4. The van der Waals surface area contributed by atoms with Crippen LogP contribution in [0, 0.1) is 13.8 Å². The number of thioether (sulfide) groups is 1. The third kappa shape index (κ3) is 3.55. The zero-order valence-corrected chi connectivity index (χ0v) is 14.2. The standard InChI is InChI=1S/C14H19N5O3S/c1-5-22-12(21)9-6(2)10(16-7(9)3)11(20)8(4)23-14-17-13(15)18-19-14/h8,16H,5H2,1-4H3,(H3,15,17,18,19). The Morgan fingerprint density at radius 3 is 2.65 bits per heavy atom. The van der Waals surface area contributed by atoms with Crippen LogP contribution in [0.15, 0.2) is 5.16 Å². The van der Waals surface area contributed by atoms with Gasteiger partial charge in [0.15, 0.2) is 5.78 Å². The van der Waals surface area contributed by atoms with E-state index in [9.17, 15) is 9.59 Å². The van der Waals surface area contributed by atoms with Gasteiger partial charge in [-0.25, -0.2) is 9.89 Å². The van der Waals surface area contributed by atoms with Gasteiger partial charge in [0.1, 0.15) is 0 Å². The molecule has 124 valence electrons. The molecule has 0 amide bonds. The Labute approximate surface area is 137 Å². The molecule has 2 rings (SSSR count). The molecule has 9 heteroatoms. The summed E-state index contributed by atoms with van der Waals surface area (Å²) >= 11 is 1.19. The van der Waals surface area contributed by atoms with E-state index in [1.54, 1.807) is 27.7 Å². The highest BCUT2D eigenvalue weighted by molar-refractivity contribution is 8.00. The molecule has 0 fully saturated rings. The predicted molar refractivity (Wildman–Crippen MR) is 86.7 cm³/mol. The fourth-order valence-corrected chi connectivity index (χ4v) is 3.02. The van der Waals surface area contributed by atoms with E-state index >= 15 is 0 Å². The van der Waals surface area contributed by atoms with Crippen molar-refractivity contribution < 1.29 is 14.3 Å². The Balaban J connectivity index is 2.22. The second-order valence-electron chi connectivity index (χ2n) is 4.97. The molecule has 0 aliphatic heterocycles. The van der Waals surface area contributed by atoms with Gasteiger partial charge < -0.3 is 15.5 Å². The largest absolute Gasteiger partial charge is 0.462 e. The van der Waals surface area contributed by atoms with Gasteiger partial charge in [-0.2, -0.15) is 4.98 Å². The lowest BCUT2D eigenvalue weighted by Crippen LogP contribution is -2.16. The minimum absolute atomic E-state index is 0.144. The summed E-state index contributed by atoms with van der Waals surface area (Å²) in [5.74, 6) is -0.377. The van der Waals surface area contributed by atoms with E-state index in [-0.39, 0.29) is 18.3 Å². The summed E-state index contributed by atoms with van der Waals surface area (Å²) in [6, 6.07) is 0. The SMILES string of the molecule is CCOC(=O)c1c(C)[nH]c(C(=O)C(C)Sc2n[nH]c(N)n2)c1C. The number of hydrogen-bond acceptors (Lipinski definition) is 7. The lowest BCUT2D eigenvalue weighted by atomic mass is 10.1. The van der Waals surface area contributed by atoms with Gasteiger partial charge >= 0.3 is 5.97 Å². The number of aromatic amines is 2. The molecule has 0 aromatic carbocycles. The van der Waals surface area contributed by atoms with Crippen LogP contribution in [0.5, 0.6) is 0 Å². The quantitative estimate of drug-likeness (QED) is 0.417. The summed E-state index contributed by atoms with van der Waals surface area (Å²) in [5, 5.41) is 6.38. The minimum atomic E-state index is -0.433. The van der Waals surface area contributed by atoms with Crippen molar-refractivity contribution in [2.24, 2.45) is 0 Å². The van der Waals surface area contributed by atoms with Crippen molar-refractivity contribution in [1.29, 1.82) is 0 Å². The van der Waals surface area contributed by atoms with Crippen molar-refractivity contribution in [3.05, 3.63) is 22.5 Å². The lowest BCUT2D eigenvalue weighted by molar-refractivity contribution is 0.0525. The molecule has 23 heavy (non-hydrogen) atoms. The van der Waals surface area contributed by atoms with Crippen molar-refractivity contribution in [3.8, 4) is 0 Å². The third-order valence-corrected chi connectivity index (χ3v) is 4.26. The molecule has 2 aromatic heterocycles. The van der Waals surface area contributed by atoms with Crippen LogP contribution in [0.2, 0.25) is 0 Å². The van der Waals surface area contributed by atoms with Crippen molar-refractivity contribution in [1.82, 2.24) is 20.2 Å². The molecule has 1 atom stereocenters. The summed E-state index contributed by atoms with van der Waals surface area (Å²) in [6.07, 6.45) is 0. The fourth-order valence-electron chi connectivity index (χ4n) is 2.23. The van der Waals surface area contributed by atoms with Gasteiger partial charge in [0.05, 0.1) is 23.1 Å². The number of esters is 1. The molecule has 1 unspecified atom stereocenters. The smallest absolute Gasteiger partial charge is 0.340 e. The average molecular weight is 337 g/mol. The number of ether oxygens (including phenoxy) is 1. The van der Waals surface area contributed by atoms with Crippen molar-refractivity contribution in [2.75, 3.05) is 12.3 Å². The molecule has 0 spiro atoms. The van der Waals surface area contributed by atoms with Gasteiger partial charge in [-0.05, 0) is 33.3 Å². The summed E-state index contributed by atoms with van der Waals surface area (Å²) in [4.78, 5) is 31.6. The van der Waals surface area contributed by atoms with Crippen LogP contribution in [0.25, 0.3) is 0 Å². The van der Waals surface area contributed by atoms with Crippen LogP contribution >= 0.6 is 11.8 Å². The summed E-state index contributed by atoms with van der Waals surface area (Å²) in [6.45, 7) is 7.24. The first-order chi connectivity index (χ1) is 10.8. The number of nitrogen functional groups attached to an aromatic ring is 1. The van der Waals surface area contributed by atoms with Gasteiger partial charge in [-0.1, -0.05) is 11.8 Å². The van der Waals surface area contributed by atoms with Crippen molar-refractivity contribution in [3.63, 3.8) is 0 Å². The number of anilines is 1. The van der Waals surface area contributed by atoms with Crippen LogP contribution in [0.3, 0.4) is 0 Å². The summed E-state index contributed by atoms with van der Waals surface area (Å²) < 4.78 is 5.03. The molecule has 0 bridgehead atoms. The molecule has 2 aromatic rings. The Kier molecular flexibility index (Phi) is 5.09. The molecule has 0 radical (unpaired) electrons. The molecule has 2 heterocycles. The molecule has 0 saturated carbocycles. The van der Waals surface area contributed by atoms with E-state index in [1.807, 2.05) is 0 Å². The second-order valence-corrected chi connectivity index (χ2v) is 6.28. The van der Waals surface area contributed by atoms with E-state index in [0.717, 1.165) is 0 Å². The monoisotopic (exact) mass is 337 g/mol. The Morgan fingerprint density at radius 1 is 1.39 bits per heavy atom. The van der Waals surface area contributed by atoms with Gasteiger partial charge in [0, 0.05) is 5.69 Å². The number of rotatable bonds is 6. The van der Waals surface area contributed by atoms with E-state index in [0.29, 0.717) is 27.7 Å². The number of nitrogens with zero attached hydrogens (tertiary/aromatic N) is 2. The van der Waals surface area contributed by atoms with Crippen molar-refractivity contribution >= 4 is 29.5 Å². The summed E-state index contributed by atoms with van der Waals surface area (Å²) in [7, 11) is 0. The van der Waals surface area contributed by atoms with Gasteiger partial charge in [-0.15, -0.1) is 5.10 Å². The third-order valence-electron chi connectivity index (χ3n) is 3.30. The number of aromatic nitrogens is 4. The van der Waals surface area contributed by atoms with Crippen LogP contribution < -0.4 is 5.73 Å².